The van der Waals surface area contributed by atoms with Crippen LogP contribution in [0, 0.1) is 11.6 Å². The summed E-state index contributed by atoms with van der Waals surface area (Å²) in [6.45, 7) is -2.09. The second-order valence-electron chi connectivity index (χ2n) is 3.72. The molecule has 18 heavy (non-hydrogen) atoms. The minimum Gasteiger partial charge on any atom is -0.390 e. The first-order valence-electron chi connectivity index (χ1n) is 5.04. The van der Waals surface area contributed by atoms with E-state index >= 15 is 0 Å². The molecule has 0 fully saturated rings. The molecule has 1 aromatic carbocycles. The largest absolute Gasteiger partial charge is 0.411 e. The van der Waals surface area contributed by atoms with Gasteiger partial charge in [-0.3, -0.25) is 0 Å². The number of hydrogen-bond acceptors (Lipinski definition) is 2. The van der Waals surface area contributed by atoms with Crippen LogP contribution < -0.4 is 0 Å². The van der Waals surface area contributed by atoms with Crippen LogP contribution in [-0.4, -0.2) is 30.6 Å². The summed E-state index contributed by atoms with van der Waals surface area (Å²) in [4.78, 5) is 0. The number of rotatable bonds is 5. The summed E-state index contributed by atoms with van der Waals surface area (Å²) >= 11 is 0. The molecule has 0 aromatic heterocycles. The van der Waals surface area contributed by atoms with Crippen molar-refractivity contribution in [1.29, 1.82) is 0 Å². The first-order valence-corrected chi connectivity index (χ1v) is 5.04. The molecule has 1 atom stereocenters. The SMILES string of the molecule is OC(COCC(F)(F)F)Cc1cc(F)ccc1F. The van der Waals surface area contributed by atoms with E-state index in [9.17, 15) is 27.1 Å². The van der Waals surface area contributed by atoms with Gasteiger partial charge in [0.1, 0.15) is 18.2 Å². The fourth-order valence-electron chi connectivity index (χ4n) is 1.32. The molecule has 1 unspecified atom stereocenters. The topological polar surface area (TPSA) is 29.5 Å². The van der Waals surface area contributed by atoms with Crippen molar-refractivity contribution in [3.05, 3.63) is 35.4 Å². The maximum absolute atomic E-state index is 13.1. The Bertz CT molecular complexity index is 392. The van der Waals surface area contributed by atoms with Crippen LogP contribution in [0.5, 0.6) is 0 Å². The standard InChI is InChI=1S/C11H11F5O2/c12-8-1-2-10(13)7(3-8)4-9(17)5-18-6-11(14,15)16/h1-3,9,17H,4-6H2. The average molecular weight is 270 g/mol. The van der Waals surface area contributed by atoms with Crippen molar-refractivity contribution in [1.82, 2.24) is 0 Å². The normalized spacial score (nSPS) is 13.7. The number of alkyl halides is 3. The summed E-state index contributed by atoms with van der Waals surface area (Å²) in [6.07, 6.45) is -6.13. The molecule has 7 heteroatoms. The molecule has 0 amide bonds. The van der Waals surface area contributed by atoms with E-state index < -0.39 is 37.1 Å². The zero-order valence-corrected chi connectivity index (χ0v) is 9.18. The van der Waals surface area contributed by atoms with Crippen LogP contribution in [0.1, 0.15) is 5.56 Å². The number of benzene rings is 1. The molecule has 0 saturated carbocycles. The van der Waals surface area contributed by atoms with Crippen molar-refractivity contribution >= 4 is 0 Å². The molecule has 1 aromatic rings. The molecule has 2 nitrogen and oxygen atoms in total. The number of hydrogen-bond donors (Lipinski definition) is 1. The lowest BCUT2D eigenvalue weighted by atomic mass is 10.1. The van der Waals surface area contributed by atoms with Gasteiger partial charge >= 0.3 is 6.18 Å². The fourth-order valence-corrected chi connectivity index (χ4v) is 1.32. The van der Waals surface area contributed by atoms with Gasteiger partial charge in [-0.1, -0.05) is 0 Å². The van der Waals surface area contributed by atoms with Gasteiger partial charge in [-0.05, 0) is 23.8 Å². The summed E-state index contributed by atoms with van der Waals surface area (Å²) in [6, 6.07) is 2.67. The monoisotopic (exact) mass is 270 g/mol. The van der Waals surface area contributed by atoms with E-state index in [4.69, 9.17) is 0 Å². The van der Waals surface area contributed by atoms with Crippen LogP contribution in [0.15, 0.2) is 18.2 Å². The Balaban J connectivity index is 2.44. The van der Waals surface area contributed by atoms with Crippen molar-refractivity contribution in [3.8, 4) is 0 Å². The van der Waals surface area contributed by atoms with Crippen LogP contribution in [0.2, 0.25) is 0 Å². The molecule has 0 aliphatic rings. The van der Waals surface area contributed by atoms with Gasteiger partial charge in [0.05, 0.1) is 12.7 Å². The third kappa shape index (κ3) is 5.42. The molecule has 0 aliphatic heterocycles. The number of ether oxygens (including phenoxy) is 1. The average Bonchev–Trinajstić information content (AvgIpc) is 2.21. The number of halogens is 5. The van der Waals surface area contributed by atoms with E-state index in [1.165, 1.54) is 0 Å². The summed E-state index contributed by atoms with van der Waals surface area (Å²) in [5.74, 6) is -1.42. The maximum atomic E-state index is 13.1. The third-order valence-corrected chi connectivity index (χ3v) is 2.04. The Morgan fingerprint density at radius 3 is 2.50 bits per heavy atom. The van der Waals surface area contributed by atoms with E-state index in [1.54, 1.807) is 0 Å². The molecule has 0 radical (unpaired) electrons. The molecule has 0 aliphatic carbocycles. The predicted molar refractivity (Wildman–Crippen MR) is 52.9 cm³/mol. The Morgan fingerprint density at radius 2 is 1.89 bits per heavy atom. The molecule has 1 N–H and O–H groups in total. The minimum atomic E-state index is -4.48. The van der Waals surface area contributed by atoms with Gasteiger partial charge in [0.2, 0.25) is 0 Å². The molecular weight excluding hydrogens is 259 g/mol. The zero-order valence-electron chi connectivity index (χ0n) is 9.18. The summed E-state index contributed by atoms with van der Waals surface area (Å²) in [7, 11) is 0. The van der Waals surface area contributed by atoms with Gasteiger partial charge in [0, 0.05) is 6.42 Å². The summed E-state index contributed by atoms with van der Waals surface area (Å²) < 4.78 is 65.3. The van der Waals surface area contributed by atoms with E-state index in [0.29, 0.717) is 0 Å². The maximum Gasteiger partial charge on any atom is 0.411 e. The smallest absolute Gasteiger partial charge is 0.390 e. The molecular formula is C11H11F5O2. The van der Waals surface area contributed by atoms with Gasteiger partial charge in [0.25, 0.3) is 0 Å². The van der Waals surface area contributed by atoms with Crippen molar-refractivity contribution in [2.45, 2.75) is 18.7 Å². The highest BCUT2D eigenvalue weighted by molar-refractivity contribution is 5.19. The highest BCUT2D eigenvalue weighted by Gasteiger charge is 2.27. The number of aliphatic hydroxyl groups excluding tert-OH is 1. The van der Waals surface area contributed by atoms with Crippen LogP contribution in [0.4, 0.5) is 22.0 Å². The lowest BCUT2D eigenvalue weighted by molar-refractivity contribution is -0.179. The van der Waals surface area contributed by atoms with E-state index in [0.717, 1.165) is 18.2 Å². The second-order valence-corrected chi connectivity index (χ2v) is 3.72. The quantitative estimate of drug-likeness (QED) is 0.833. The van der Waals surface area contributed by atoms with Crippen LogP contribution in [0.25, 0.3) is 0 Å². The summed E-state index contributed by atoms with van der Waals surface area (Å²) in [5.41, 5.74) is -0.113. The molecule has 0 heterocycles. The lowest BCUT2D eigenvalue weighted by Gasteiger charge is -2.13. The highest BCUT2D eigenvalue weighted by atomic mass is 19.4. The minimum absolute atomic E-state index is 0.113. The van der Waals surface area contributed by atoms with Gasteiger partial charge in [-0.2, -0.15) is 13.2 Å². The van der Waals surface area contributed by atoms with E-state index in [1.807, 2.05) is 0 Å². The Kier molecular flexibility index (Phi) is 5.03. The molecule has 0 spiro atoms. The molecule has 1 rings (SSSR count). The van der Waals surface area contributed by atoms with Crippen molar-refractivity contribution in [2.24, 2.45) is 0 Å². The predicted octanol–water partition coefficient (Wildman–Crippen LogP) is 2.45. The van der Waals surface area contributed by atoms with Gasteiger partial charge in [0.15, 0.2) is 0 Å². The highest BCUT2D eigenvalue weighted by Crippen LogP contribution is 2.15. The fraction of sp³-hybridized carbons (Fsp3) is 0.455. The first-order chi connectivity index (χ1) is 8.28. The third-order valence-electron chi connectivity index (χ3n) is 2.04. The molecule has 0 bridgehead atoms. The van der Waals surface area contributed by atoms with Crippen molar-refractivity contribution in [2.75, 3.05) is 13.2 Å². The number of aliphatic hydroxyl groups is 1. The van der Waals surface area contributed by atoms with Gasteiger partial charge in [-0.15, -0.1) is 0 Å². The zero-order chi connectivity index (χ0) is 13.8. The van der Waals surface area contributed by atoms with Gasteiger partial charge in [-0.25, -0.2) is 8.78 Å². The van der Waals surface area contributed by atoms with Crippen LogP contribution >= 0.6 is 0 Å². The molecule has 0 saturated heterocycles. The van der Waals surface area contributed by atoms with Gasteiger partial charge < -0.3 is 9.84 Å². The first kappa shape index (κ1) is 14.8. The van der Waals surface area contributed by atoms with Crippen LogP contribution in [0.3, 0.4) is 0 Å². The van der Waals surface area contributed by atoms with Crippen LogP contribution in [-0.2, 0) is 11.2 Å². The lowest BCUT2D eigenvalue weighted by Crippen LogP contribution is -2.24. The van der Waals surface area contributed by atoms with E-state index in [2.05, 4.69) is 4.74 Å². The van der Waals surface area contributed by atoms with Crippen molar-refractivity contribution in [3.63, 3.8) is 0 Å². The van der Waals surface area contributed by atoms with Crippen molar-refractivity contribution < 1.29 is 31.8 Å². The Hall–Kier alpha value is -1.21. The molecule has 102 valence electrons. The Labute approximate surface area is 100.0 Å². The Morgan fingerprint density at radius 1 is 1.22 bits per heavy atom. The van der Waals surface area contributed by atoms with E-state index in [-0.39, 0.29) is 12.0 Å². The summed E-state index contributed by atoms with van der Waals surface area (Å²) in [5, 5.41) is 9.33. The second kappa shape index (κ2) is 6.10.